The van der Waals surface area contributed by atoms with Crippen molar-refractivity contribution in [2.24, 2.45) is 4.99 Å². The molecule has 2 aliphatic rings. The summed E-state index contributed by atoms with van der Waals surface area (Å²) >= 11 is 0. The monoisotopic (exact) mass is 482 g/mol. The smallest absolute Gasteiger partial charge is 0.250 e. The number of phenols is 1. The van der Waals surface area contributed by atoms with Crippen molar-refractivity contribution < 1.29 is 9.90 Å². The lowest BCUT2D eigenvalue weighted by Crippen LogP contribution is -2.46. The molecule has 2 N–H and O–H groups in total. The molecule has 0 spiro atoms. The molecule has 1 amide bonds. The maximum absolute atomic E-state index is 14.1. The second kappa shape index (κ2) is 9.78. The van der Waals surface area contributed by atoms with Crippen molar-refractivity contribution >= 4 is 23.6 Å². The van der Waals surface area contributed by atoms with Gasteiger partial charge in [-0.3, -0.25) is 4.79 Å². The van der Waals surface area contributed by atoms with Crippen LogP contribution in [0.25, 0.3) is 11.1 Å². The van der Waals surface area contributed by atoms with E-state index in [0.29, 0.717) is 12.6 Å². The van der Waals surface area contributed by atoms with Gasteiger partial charge in [-0.1, -0.05) is 18.2 Å². The second-order valence-electron chi connectivity index (χ2n) is 10.2. The third-order valence-corrected chi connectivity index (χ3v) is 7.20. The van der Waals surface area contributed by atoms with E-state index in [1.54, 1.807) is 18.5 Å². The van der Waals surface area contributed by atoms with E-state index in [2.05, 4.69) is 43.4 Å². The molecule has 0 saturated carbocycles. The summed E-state index contributed by atoms with van der Waals surface area (Å²) in [6, 6.07) is 17.5. The number of phenolic OH excluding ortho intramolecular Hbond substituents is 1. The van der Waals surface area contributed by atoms with Gasteiger partial charge in [0.25, 0.3) is 0 Å². The molecular formula is C30H34N4O2. The molecular weight excluding hydrogens is 448 g/mol. The van der Waals surface area contributed by atoms with Crippen molar-refractivity contribution in [3.05, 3.63) is 76.9 Å². The normalized spacial score (nSPS) is 18.8. The van der Waals surface area contributed by atoms with E-state index in [1.807, 2.05) is 42.0 Å². The minimum absolute atomic E-state index is 0.0426. The van der Waals surface area contributed by atoms with Crippen molar-refractivity contribution in [3.63, 3.8) is 0 Å². The van der Waals surface area contributed by atoms with Crippen LogP contribution < -0.4 is 10.2 Å². The molecule has 6 nitrogen and oxygen atoms in total. The van der Waals surface area contributed by atoms with Crippen LogP contribution in [0.5, 0.6) is 5.75 Å². The van der Waals surface area contributed by atoms with Gasteiger partial charge in [-0.05, 0) is 104 Å². The number of nitrogens with one attached hydrogen (secondary N) is 1. The Kier molecular flexibility index (Phi) is 6.54. The van der Waals surface area contributed by atoms with Crippen LogP contribution in [-0.2, 0) is 4.79 Å². The summed E-state index contributed by atoms with van der Waals surface area (Å²) in [4.78, 5) is 22.8. The highest BCUT2D eigenvalue weighted by Gasteiger charge is 2.35. The lowest BCUT2D eigenvalue weighted by Gasteiger charge is -2.36. The molecule has 0 bridgehead atoms. The van der Waals surface area contributed by atoms with Gasteiger partial charge < -0.3 is 20.2 Å². The number of carbonyl (C=O) groups is 1. The van der Waals surface area contributed by atoms with Crippen LogP contribution in [0.15, 0.2) is 59.6 Å². The fourth-order valence-electron chi connectivity index (χ4n) is 5.47. The number of carbonyl (C=O) groups excluding carboxylic acids is 1. The van der Waals surface area contributed by atoms with Crippen molar-refractivity contribution in [2.75, 3.05) is 25.0 Å². The Morgan fingerprint density at radius 2 is 1.89 bits per heavy atom. The number of hydrogen-bond acceptors (Lipinski definition) is 5. The van der Waals surface area contributed by atoms with Gasteiger partial charge in [-0.2, -0.15) is 0 Å². The standard InChI is InChI=1S/C30H34N4O2/c1-19-11-20(2)13-24(12-19)34-18-32-28-14-21(3)26(22-7-5-9-25(35)15-22)16-27(28)29(34)30(36)33(4)17-23-8-6-10-31-23/h5,7,9,11-16,18,23,29,31,35H,6,8,10,17H2,1-4H3/t23-,29?/m0/s1. The number of hydrogen-bond donors (Lipinski definition) is 2. The van der Waals surface area contributed by atoms with Crippen LogP contribution in [0.4, 0.5) is 11.4 Å². The summed E-state index contributed by atoms with van der Waals surface area (Å²) in [6.07, 6.45) is 4.03. The Morgan fingerprint density at radius 3 is 2.58 bits per heavy atom. The SMILES string of the molecule is Cc1cc(C)cc(N2C=Nc3cc(C)c(-c4cccc(O)c4)cc3C2C(=O)N(C)C[C@@H]2CCCN2)c1. The Bertz CT molecular complexity index is 1310. The van der Waals surface area contributed by atoms with Crippen molar-refractivity contribution in [1.29, 1.82) is 0 Å². The molecule has 0 radical (unpaired) electrons. The first kappa shape index (κ1) is 24.1. The van der Waals surface area contributed by atoms with Crippen molar-refractivity contribution in [3.8, 4) is 16.9 Å². The third-order valence-electron chi connectivity index (χ3n) is 7.20. The average Bonchev–Trinajstić information content (AvgIpc) is 3.35. The predicted octanol–water partition coefficient (Wildman–Crippen LogP) is 5.42. The summed E-state index contributed by atoms with van der Waals surface area (Å²) in [5, 5.41) is 13.6. The van der Waals surface area contributed by atoms with Crippen molar-refractivity contribution in [2.45, 2.75) is 45.7 Å². The third kappa shape index (κ3) is 4.73. The van der Waals surface area contributed by atoms with Crippen LogP contribution in [0.3, 0.4) is 0 Å². The summed E-state index contributed by atoms with van der Waals surface area (Å²) in [5.41, 5.74) is 7.86. The minimum Gasteiger partial charge on any atom is -0.508 e. The molecule has 1 fully saturated rings. The van der Waals surface area contributed by atoms with E-state index in [4.69, 9.17) is 4.99 Å². The number of likely N-dealkylation sites (N-methyl/N-ethyl adjacent to an activating group) is 1. The number of aromatic hydroxyl groups is 1. The first-order valence-corrected chi connectivity index (χ1v) is 12.6. The molecule has 3 aromatic rings. The molecule has 2 atom stereocenters. The molecule has 186 valence electrons. The first-order valence-electron chi connectivity index (χ1n) is 12.6. The van der Waals surface area contributed by atoms with E-state index in [-0.39, 0.29) is 11.7 Å². The highest BCUT2D eigenvalue weighted by atomic mass is 16.3. The fourth-order valence-corrected chi connectivity index (χ4v) is 5.47. The predicted molar refractivity (Wildman–Crippen MR) is 146 cm³/mol. The van der Waals surface area contributed by atoms with Gasteiger partial charge in [0.05, 0.1) is 12.0 Å². The minimum atomic E-state index is -0.540. The molecule has 2 aliphatic heterocycles. The highest BCUT2D eigenvalue weighted by Crippen LogP contribution is 2.41. The van der Waals surface area contributed by atoms with Crippen molar-refractivity contribution in [1.82, 2.24) is 10.2 Å². The summed E-state index contributed by atoms with van der Waals surface area (Å²) < 4.78 is 0. The van der Waals surface area contributed by atoms with Gasteiger partial charge in [0.1, 0.15) is 11.8 Å². The van der Waals surface area contributed by atoms with E-state index >= 15 is 0 Å². The molecule has 36 heavy (non-hydrogen) atoms. The number of rotatable bonds is 5. The number of fused-ring (bicyclic) bond motifs is 1. The molecule has 1 unspecified atom stereocenters. The summed E-state index contributed by atoms with van der Waals surface area (Å²) in [5.74, 6) is 0.261. The topological polar surface area (TPSA) is 68.2 Å². The van der Waals surface area contributed by atoms with E-state index in [1.165, 1.54) is 0 Å². The Balaban J connectivity index is 1.61. The second-order valence-corrected chi connectivity index (χ2v) is 10.2. The Hall–Kier alpha value is -3.64. The largest absolute Gasteiger partial charge is 0.508 e. The van der Waals surface area contributed by atoms with Gasteiger partial charge in [-0.15, -0.1) is 0 Å². The zero-order valence-electron chi connectivity index (χ0n) is 21.5. The van der Waals surface area contributed by atoms with Gasteiger partial charge in [0.15, 0.2) is 0 Å². The van der Waals surface area contributed by atoms with Gasteiger partial charge in [-0.25, -0.2) is 4.99 Å². The first-order chi connectivity index (χ1) is 17.3. The van der Waals surface area contributed by atoms with E-state index < -0.39 is 6.04 Å². The number of nitrogens with zero attached hydrogens (tertiary/aromatic N) is 3. The number of benzene rings is 3. The lowest BCUT2D eigenvalue weighted by molar-refractivity contribution is -0.131. The highest BCUT2D eigenvalue weighted by molar-refractivity contribution is 5.99. The molecule has 3 aromatic carbocycles. The zero-order valence-corrected chi connectivity index (χ0v) is 21.5. The summed E-state index contributed by atoms with van der Waals surface area (Å²) in [7, 11) is 1.90. The quantitative estimate of drug-likeness (QED) is 0.510. The summed E-state index contributed by atoms with van der Waals surface area (Å²) in [6.45, 7) is 7.87. The van der Waals surface area contributed by atoms with Crippen LogP contribution in [-0.4, -0.2) is 48.4 Å². The lowest BCUT2D eigenvalue weighted by atomic mass is 9.91. The van der Waals surface area contributed by atoms with Gasteiger partial charge in [0.2, 0.25) is 5.91 Å². The molecule has 0 aromatic heterocycles. The maximum atomic E-state index is 14.1. The fraction of sp³-hybridized carbons (Fsp3) is 0.333. The average molecular weight is 483 g/mol. The number of aryl methyl sites for hydroxylation is 3. The molecule has 0 aliphatic carbocycles. The number of anilines is 1. The number of amides is 1. The van der Waals surface area contributed by atoms with Crippen LogP contribution >= 0.6 is 0 Å². The molecule has 6 heteroatoms. The Labute approximate surface area is 213 Å². The Morgan fingerprint density at radius 1 is 1.11 bits per heavy atom. The zero-order chi connectivity index (χ0) is 25.4. The molecule has 5 rings (SSSR count). The van der Waals surface area contributed by atoms with E-state index in [9.17, 15) is 9.90 Å². The maximum Gasteiger partial charge on any atom is 0.250 e. The van der Waals surface area contributed by atoms with Crippen LogP contribution in [0, 0.1) is 20.8 Å². The van der Waals surface area contributed by atoms with E-state index in [0.717, 1.165) is 64.1 Å². The van der Waals surface area contributed by atoms with Gasteiger partial charge in [0, 0.05) is 30.9 Å². The molecule has 1 saturated heterocycles. The van der Waals surface area contributed by atoms with Crippen LogP contribution in [0.1, 0.15) is 41.1 Å². The van der Waals surface area contributed by atoms with Gasteiger partial charge >= 0.3 is 0 Å². The molecule has 2 heterocycles. The van der Waals surface area contributed by atoms with Crippen LogP contribution in [0.2, 0.25) is 0 Å². The number of aliphatic imine (C=N–C) groups is 1.